The van der Waals surface area contributed by atoms with Crippen molar-refractivity contribution in [3.63, 3.8) is 0 Å². The van der Waals surface area contributed by atoms with Gasteiger partial charge < -0.3 is 14.5 Å². The van der Waals surface area contributed by atoms with Crippen LogP contribution in [0.25, 0.3) is 21.9 Å². The lowest BCUT2D eigenvalue weighted by molar-refractivity contribution is 0.437. The van der Waals surface area contributed by atoms with Gasteiger partial charge in [-0.2, -0.15) is 0 Å². The highest BCUT2D eigenvalue weighted by atomic mass is 16.5. The molecule has 1 atom stereocenters. The van der Waals surface area contributed by atoms with E-state index in [2.05, 4.69) is 228 Å². The molecule has 9 aromatic rings. The molecule has 0 bridgehead atoms. The summed E-state index contributed by atoms with van der Waals surface area (Å²) in [6, 6.07) is 78.6. The molecule has 11 rings (SSSR count). The number of hydrogen-bond acceptors (Lipinski definition) is 3. The molecule has 0 amide bonds. The van der Waals surface area contributed by atoms with Gasteiger partial charge in [0.25, 0.3) is 0 Å². The summed E-state index contributed by atoms with van der Waals surface area (Å²) in [5, 5.41) is 2.33. The topological polar surface area (TPSA) is 15.7 Å². The van der Waals surface area contributed by atoms with E-state index in [1.165, 1.54) is 27.6 Å². The first kappa shape index (κ1) is 32.1. The summed E-state index contributed by atoms with van der Waals surface area (Å²) in [5.74, 6) is 1.73. The molecular weight excluding hydrogens is 681 g/mol. The third kappa shape index (κ3) is 4.91. The average molecular weight is 717 g/mol. The van der Waals surface area contributed by atoms with Gasteiger partial charge in [0.05, 0.1) is 5.41 Å². The number of fused-ring (bicyclic) bond motifs is 10. The van der Waals surface area contributed by atoms with Crippen LogP contribution in [0.5, 0.6) is 11.5 Å². The van der Waals surface area contributed by atoms with Crippen molar-refractivity contribution in [3.05, 3.63) is 241 Å². The molecule has 0 fully saturated rings. The molecule has 0 saturated heterocycles. The van der Waals surface area contributed by atoms with E-state index in [0.717, 1.165) is 62.1 Å². The fourth-order valence-electron chi connectivity index (χ4n) is 9.09. The Morgan fingerprint density at radius 1 is 0.286 bits per heavy atom. The highest BCUT2D eigenvalue weighted by Gasteiger charge is 2.51. The van der Waals surface area contributed by atoms with Crippen LogP contribution in [0.1, 0.15) is 22.3 Å². The molecular formula is C53H36N2O. The molecule has 0 radical (unpaired) electrons. The Balaban J connectivity index is 1.23. The van der Waals surface area contributed by atoms with Gasteiger partial charge in [-0.05, 0) is 124 Å². The quantitative estimate of drug-likeness (QED) is 0.170. The van der Waals surface area contributed by atoms with Crippen molar-refractivity contribution < 1.29 is 4.74 Å². The van der Waals surface area contributed by atoms with Crippen LogP contribution in [0.15, 0.2) is 218 Å². The maximum absolute atomic E-state index is 7.04. The van der Waals surface area contributed by atoms with Gasteiger partial charge in [0.1, 0.15) is 11.5 Å². The van der Waals surface area contributed by atoms with Crippen molar-refractivity contribution in [1.29, 1.82) is 0 Å². The van der Waals surface area contributed by atoms with Crippen LogP contribution in [0.3, 0.4) is 0 Å². The summed E-state index contributed by atoms with van der Waals surface area (Å²) in [6.45, 7) is 0. The van der Waals surface area contributed by atoms with E-state index >= 15 is 0 Å². The molecule has 264 valence electrons. The Hall–Kier alpha value is -7.36. The number of nitrogens with zero attached hydrogens (tertiary/aromatic N) is 2. The zero-order valence-corrected chi connectivity index (χ0v) is 30.6. The lowest BCUT2D eigenvalue weighted by Gasteiger charge is -2.40. The minimum atomic E-state index is -0.691. The number of hydrogen-bond donors (Lipinski definition) is 0. The lowest BCUT2D eigenvalue weighted by Crippen LogP contribution is -2.32. The molecule has 3 nitrogen and oxygen atoms in total. The molecule has 1 spiro atoms. The van der Waals surface area contributed by atoms with Gasteiger partial charge in [0.15, 0.2) is 0 Å². The van der Waals surface area contributed by atoms with E-state index < -0.39 is 5.41 Å². The molecule has 1 aliphatic heterocycles. The van der Waals surface area contributed by atoms with Crippen molar-refractivity contribution >= 4 is 44.9 Å². The van der Waals surface area contributed by atoms with Crippen LogP contribution < -0.4 is 14.5 Å². The van der Waals surface area contributed by atoms with E-state index in [-0.39, 0.29) is 0 Å². The number of ether oxygens (including phenoxy) is 1. The second kappa shape index (κ2) is 12.9. The number of benzene rings is 9. The van der Waals surface area contributed by atoms with Gasteiger partial charge in [0, 0.05) is 45.3 Å². The molecule has 2 aliphatic rings. The molecule has 0 aromatic heterocycles. The van der Waals surface area contributed by atoms with Gasteiger partial charge in [-0.15, -0.1) is 0 Å². The van der Waals surface area contributed by atoms with E-state index in [4.69, 9.17) is 4.74 Å². The number of anilines is 6. The van der Waals surface area contributed by atoms with Gasteiger partial charge in [-0.1, -0.05) is 127 Å². The van der Waals surface area contributed by atoms with Crippen molar-refractivity contribution in [1.82, 2.24) is 0 Å². The normalized spacial score (nSPS) is 14.6. The van der Waals surface area contributed by atoms with E-state index in [1.807, 2.05) is 0 Å². The van der Waals surface area contributed by atoms with Crippen LogP contribution in [0.2, 0.25) is 0 Å². The maximum atomic E-state index is 7.04. The fourth-order valence-corrected chi connectivity index (χ4v) is 9.09. The molecule has 0 saturated carbocycles. The predicted molar refractivity (Wildman–Crippen MR) is 231 cm³/mol. The third-order valence-electron chi connectivity index (χ3n) is 11.4. The van der Waals surface area contributed by atoms with Gasteiger partial charge in [-0.25, -0.2) is 0 Å². The van der Waals surface area contributed by atoms with Gasteiger partial charge in [-0.3, -0.25) is 0 Å². The summed E-state index contributed by atoms with van der Waals surface area (Å²) >= 11 is 0. The van der Waals surface area contributed by atoms with Crippen molar-refractivity contribution in [2.45, 2.75) is 5.41 Å². The number of rotatable bonds is 6. The zero-order valence-electron chi connectivity index (χ0n) is 30.6. The summed E-state index contributed by atoms with van der Waals surface area (Å²) in [7, 11) is 0. The summed E-state index contributed by atoms with van der Waals surface area (Å²) < 4.78 is 7.04. The highest BCUT2D eigenvalue weighted by molar-refractivity contribution is 5.95. The lowest BCUT2D eigenvalue weighted by atomic mass is 9.65. The first-order chi connectivity index (χ1) is 27.8. The Labute approximate surface area is 326 Å². The van der Waals surface area contributed by atoms with Crippen molar-refractivity contribution in [2.24, 2.45) is 0 Å². The third-order valence-corrected chi connectivity index (χ3v) is 11.4. The van der Waals surface area contributed by atoms with Crippen LogP contribution in [0.4, 0.5) is 34.1 Å². The molecule has 0 N–H and O–H groups in total. The predicted octanol–water partition coefficient (Wildman–Crippen LogP) is 14.2. The Kier molecular flexibility index (Phi) is 7.39. The maximum Gasteiger partial charge on any atom is 0.132 e. The van der Waals surface area contributed by atoms with Crippen LogP contribution in [-0.4, -0.2) is 0 Å². The van der Waals surface area contributed by atoms with Crippen LogP contribution in [0, 0.1) is 0 Å². The van der Waals surface area contributed by atoms with E-state index in [0.29, 0.717) is 0 Å². The Morgan fingerprint density at radius 2 is 0.714 bits per heavy atom. The average Bonchev–Trinajstić information content (AvgIpc) is 3.55. The van der Waals surface area contributed by atoms with Gasteiger partial charge >= 0.3 is 0 Å². The summed E-state index contributed by atoms with van der Waals surface area (Å²) in [5.41, 5.74) is 13.1. The smallest absolute Gasteiger partial charge is 0.132 e. The SMILES string of the molecule is c1ccc(N(c2ccccc2)c2ccc3c(c2)C2(c4cc5ccccc5cc4O3)c3ccccc3-c3ccc(N(c4ccccc4)c4ccccc4)cc32)cc1. The second-order valence-electron chi connectivity index (χ2n) is 14.5. The van der Waals surface area contributed by atoms with Crippen molar-refractivity contribution in [3.8, 4) is 22.6 Å². The standard InChI is InChI=1S/C53H36N2O/c1-5-19-39(20-6-1)54(40-21-7-2-8-22-40)43-29-31-46-45-27-15-16-28-47(45)53(48(46)35-43)49-33-37-17-13-14-18-38(37)34-52(49)56-51-32-30-44(36-50(51)53)55(41-23-9-3-10-24-41)42-25-11-4-12-26-42/h1-36H. The zero-order chi connectivity index (χ0) is 37.1. The molecule has 56 heavy (non-hydrogen) atoms. The molecule has 1 heterocycles. The highest BCUT2D eigenvalue weighted by Crippen LogP contribution is 2.63. The summed E-state index contributed by atoms with van der Waals surface area (Å²) in [6.07, 6.45) is 0. The Bertz CT molecular complexity index is 2810. The minimum absolute atomic E-state index is 0.691. The monoisotopic (exact) mass is 716 g/mol. The molecule has 1 unspecified atom stereocenters. The summed E-state index contributed by atoms with van der Waals surface area (Å²) in [4.78, 5) is 4.70. The largest absolute Gasteiger partial charge is 0.457 e. The molecule has 3 heteroatoms. The van der Waals surface area contributed by atoms with Crippen molar-refractivity contribution in [2.75, 3.05) is 9.80 Å². The first-order valence-corrected chi connectivity index (χ1v) is 19.2. The van der Waals surface area contributed by atoms with E-state index in [1.54, 1.807) is 0 Å². The van der Waals surface area contributed by atoms with Gasteiger partial charge in [0.2, 0.25) is 0 Å². The van der Waals surface area contributed by atoms with Crippen LogP contribution in [-0.2, 0) is 5.41 Å². The fraction of sp³-hybridized carbons (Fsp3) is 0.0189. The minimum Gasteiger partial charge on any atom is -0.457 e. The molecule has 1 aliphatic carbocycles. The van der Waals surface area contributed by atoms with Crippen LogP contribution >= 0.6 is 0 Å². The number of para-hydroxylation sites is 4. The van der Waals surface area contributed by atoms with E-state index in [9.17, 15) is 0 Å². The molecule has 9 aromatic carbocycles. The first-order valence-electron chi connectivity index (χ1n) is 19.2. The Morgan fingerprint density at radius 3 is 1.29 bits per heavy atom. The second-order valence-corrected chi connectivity index (χ2v) is 14.5.